The van der Waals surface area contributed by atoms with Crippen molar-refractivity contribution in [2.75, 3.05) is 54.4 Å². The SMILES string of the molecule is CN1C=CN(CC(CN2C=CN(C)[CH-]2)C(=O)O)[CH-]1.CN1C=CN(CC(CN2C=CN(C)[CH-]2)C(=O)ON2C(=O)CCC2=O)[CH-]1.[CH-]=O.[CH-]=O.[CH-]=O.[CH-]=O.[CH-]=O.[CH-]=O.[CH-]=O.[CH-]=O.[Mo].[Mo]. The van der Waals surface area contributed by atoms with Crippen LogP contribution in [-0.2, 0) is 105 Å². The maximum absolute atomic E-state index is 12.6. The van der Waals surface area contributed by atoms with Crippen LogP contribution in [0.5, 0.6) is 0 Å². The number of carbonyl (C=O) groups is 4. The van der Waals surface area contributed by atoms with Crippen LogP contribution in [-0.4, -0.2) is 182 Å². The summed E-state index contributed by atoms with van der Waals surface area (Å²) in [5.74, 6) is -3.32. The zero-order valence-electron chi connectivity index (χ0n) is 33.5. The molecule has 0 unspecified atom stereocenters. The van der Waals surface area contributed by atoms with E-state index in [1.165, 1.54) is 0 Å². The molecule has 5 aliphatic rings. The van der Waals surface area contributed by atoms with Crippen LogP contribution in [0.4, 0.5) is 0 Å². The fraction of sp³-hybridized carbons (Fsp3) is 0.333. The van der Waals surface area contributed by atoms with E-state index in [1.807, 2.05) is 144 Å². The van der Waals surface area contributed by atoms with Gasteiger partial charge in [0, 0.05) is 81.2 Å². The van der Waals surface area contributed by atoms with E-state index in [4.69, 9.17) is 43.2 Å². The number of amides is 2. The number of carboxylic acids is 1. The van der Waals surface area contributed by atoms with E-state index < -0.39 is 35.6 Å². The van der Waals surface area contributed by atoms with Gasteiger partial charge in [0.05, 0.1) is 11.8 Å². The van der Waals surface area contributed by atoms with Crippen LogP contribution in [0.1, 0.15) is 12.8 Å². The minimum atomic E-state index is -0.775. The second kappa shape index (κ2) is 45.3. The normalized spacial score (nSPS) is 14.2. The fourth-order valence-corrected chi connectivity index (χ4v) is 4.70. The summed E-state index contributed by atoms with van der Waals surface area (Å²) in [7, 11) is 7.60. The van der Waals surface area contributed by atoms with Gasteiger partial charge in [0.1, 0.15) is 0 Å². The summed E-state index contributed by atoms with van der Waals surface area (Å²) in [6, 6.07) is 0. The van der Waals surface area contributed by atoms with Crippen LogP contribution >= 0.6 is 0 Å². The third kappa shape index (κ3) is 29.1. The number of hydrogen-bond donors (Lipinski definition) is 1. The van der Waals surface area contributed by atoms with Crippen molar-refractivity contribution in [1.29, 1.82) is 0 Å². The molecule has 0 bridgehead atoms. The molecule has 0 spiro atoms. The molecule has 5 aliphatic heterocycles. The first-order chi connectivity index (χ1) is 28.5. The Bertz CT molecular complexity index is 1230. The summed E-state index contributed by atoms with van der Waals surface area (Å²) in [5.41, 5.74) is 0. The van der Waals surface area contributed by atoms with Crippen molar-refractivity contribution < 1.29 is 110 Å². The van der Waals surface area contributed by atoms with Crippen LogP contribution < -0.4 is 0 Å². The molecule has 0 atom stereocenters. The van der Waals surface area contributed by atoms with Gasteiger partial charge in [-0.2, -0.15) is 26.7 Å². The third-order valence-corrected chi connectivity index (χ3v) is 6.89. The molecule has 23 nitrogen and oxygen atoms in total. The largest absolute Gasteiger partial charge is 0.545 e. The molecule has 61 heavy (non-hydrogen) atoms. The van der Waals surface area contributed by atoms with Gasteiger partial charge in [-0.15, -0.1) is 5.06 Å². The molecule has 0 aromatic rings. The van der Waals surface area contributed by atoms with Crippen molar-refractivity contribution in [3.63, 3.8) is 0 Å². The number of nitrogens with zero attached hydrogens (tertiary/aromatic N) is 9. The molecule has 0 saturated carbocycles. The van der Waals surface area contributed by atoms with Crippen molar-refractivity contribution in [1.82, 2.24) is 44.3 Å². The second-order valence-electron chi connectivity index (χ2n) is 10.8. The summed E-state index contributed by atoms with van der Waals surface area (Å²) in [6.45, 7) is 35.1. The van der Waals surface area contributed by atoms with E-state index in [1.54, 1.807) is 0 Å². The van der Waals surface area contributed by atoms with Gasteiger partial charge >= 0.3 is 11.9 Å². The average Bonchev–Trinajstić information content (AvgIpc) is 4.14. The molecule has 344 valence electrons. The number of rotatable bonds is 11. The summed E-state index contributed by atoms with van der Waals surface area (Å²) >= 11 is 0. The molecular weight excluding hydrogens is 974 g/mol. The van der Waals surface area contributed by atoms with E-state index >= 15 is 0 Å². The predicted octanol–water partition coefficient (Wildman–Crippen LogP) is -1.95. The van der Waals surface area contributed by atoms with Crippen LogP contribution in [0, 0.1) is 38.5 Å². The third-order valence-electron chi connectivity index (χ3n) is 6.89. The standard InChI is InChI=1S/C16H21N5O4.C12H18N4O2.8CHO.2Mo/c1-17-5-7-19(11-17)9-13(10-20-8-6-18(2)12-20)16(24)25-21-14(22)3-4-15(21)23;1-13-3-5-15(9-13)7-11(12(17)18)8-16-6-4-14(2)10-16;8*1-2;;/h5-8,11-13H,3-4,9-10H2,1-2H3;3-6,9-11H,7-8H2,1-2H3,(H,17,18);8*1H;;/q2*-2;8*-1;;. The maximum Gasteiger partial charge on any atom is 0.339 e. The van der Waals surface area contributed by atoms with Crippen molar-refractivity contribution in [3.8, 4) is 0 Å². The number of carbonyl (C=O) groups excluding carboxylic acids is 11. The predicted molar refractivity (Wildman–Crippen MR) is 207 cm³/mol. The van der Waals surface area contributed by atoms with Gasteiger partial charge < -0.3 is 87.5 Å². The smallest absolute Gasteiger partial charge is 0.339 e. The Morgan fingerprint density at radius 2 is 0.738 bits per heavy atom. The number of hydrogen-bond acceptors (Lipinski definition) is 21. The van der Waals surface area contributed by atoms with Gasteiger partial charge in [0.25, 0.3) is 11.8 Å². The Morgan fingerprint density at radius 3 is 0.934 bits per heavy atom. The van der Waals surface area contributed by atoms with Crippen LogP contribution in [0.2, 0.25) is 0 Å². The molecule has 25 heteroatoms. The van der Waals surface area contributed by atoms with Crippen LogP contribution in [0.15, 0.2) is 49.6 Å². The van der Waals surface area contributed by atoms with Crippen LogP contribution in [0.25, 0.3) is 0 Å². The first kappa shape index (κ1) is 69.8. The van der Waals surface area contributed by atoms with E-state index in [0.29, 0.717) is 31.2 Å². The number of aliphatic carboxylic acids is 1. The molecule has 1 fully saturated rings. The van der Waals surface area contributed by atoms with Gasteiger partial charge in [-0.1, -0.05) is 0 Å². The molecule has 0 aromatic heterocycles. The van der Waals surface area contributed by atoms with Crippen molar-refractivity contribution in [2.45, 2.75) is 12.8 Å². The van der Waals surface area contributed by atoms with Crippen molar-refractivity contribution in [3.05, 3.63) is 76.3 Å². The minimum Gasteiger partial charge on any atom is -0.545 e. The average molecular weight is 1020 g/mol. The Labute approximate surface area is 385 Å². The van der Waals surface area contributed by atoms with E-state index in [9.17, 15) is 24.3 Å². The minimum absolute atomic E-state index is 0. The molecular formula is C36H47Mo2N9O14-12. The Kier molecular flexibility index (Phi) is 51.8. The van der Waals surface area contributed by atoms with Gasteiger partial charge in [-0.05, 0) is 77.8 Å². The molecule has 0 radical (unpaired) electrons. The Morgan fingerprint density at radius 1 is 0.508 bits per heavy atom. The van der Waals surface area contributed by atoms with Gasteiger partial charge in [-0.3, -0.25) is 68.7 Å². The van der Waals surface area contributed by atoms with Gasteiger partial charge in [0.2, 0.25) is 0 Å². The zero-order valence-corrected chi connectivity index (χ0v) is 37.6. The summed E-state index contributed by atoms with van der Waals surface area (Å²) < 4.78 is 0. The summed E-state index contributed by atoms with van der Waals surface area (Å²) in [4.78, 5) is 129. The quantitative estimate of drug-likeness (QED) is 0.102. The number of imide groups is 1. The molecule has 0 aromatic carbocycles. The summed E-state index contributed by atoms with van der Waals surface area (Å²) in [5, 5.41) is 9.87. The van der Waals surface area contributed by atoms with Crippen molar-refractivity contribution in [2.24, 2.45) is 11.8 Å². The van der Waals surface area contributed by atoms with Gasteiger partial charge in [0.15, 0.2) is 0 Å². The first-order valence-electron chi connectivity index (χ1n) is 15.7. The van der Waals surface area contributed by atoms with E-state index in [-0.39, 0.29) is 55.0 Å². The van der Waals surface area contributed by atoms with Gasteiger partial charge in [-0.25, -0.2) is 4.79 Å². The fourth-order valence-electron chi connectivity index (χ4n) is 4.70. The molecule has 5 rings (SSSR count). The first-order valence-corrected chi connectivity index (χ1v) is 15.7. The maximum atomic E-state index is 12.6. The van der Waals surface area contributed by atoms with E-state index in [0.717, 1.165) is 0 Å². The summed E-state index contributed by atoms with van der Waals surface area (Å²) in [6.07, 6.45) is 15.1. The van der Waals surface area contributed by atoms with E-state index in [2.05, 4.69) is 54.3 Å². The Hall–Kier alpha value is -5.82. The molecule has 5 heterocycles. The van der Waals surface area contributed by atoms with Crippen LogP contribution in [0.3, 0.4) is 0 Å². The number of hydroxylamine groups is 2. The Balaban J connectivity index is -0.000000143. The molecule has 1 N–H and O–H groups in total. The molecule has 1 saturated heterocycles. The monoisotopic (exact) mass is 1030 g/mol. The number of carboxylic acid groups (broad SMARTS) is 1. The topological polar surface area (TPSA) is 263 Å². The molecule has 0 aliphatic carbocycles. The molecule has 2 amide bonds. The van der Waals surface area contributed by atoms with Crippen molar-refractivity contribution >= 4 is 78.1 Å². The second-order valence-corrected chi connectivity index (χ2v) is 10.8. The zero-order chi connectivity index (χ0) is 47.1.